The average molecular weight is 334 g/mol. The van der Waals surface area contributed by atoms with Crippen molar-refractivity contribution in [2.24, 2.45) is 5.92 Å². The molecule has 0 spiro atoms. The van der Waals surface area contributed by atoms with Gasteiger partial charge in [-0.15, -0.1) is 0 Å². The number of nitrogens with one attached hydrogen (secondary N) is 1. The molecule has 128 valence electrons. The first-order valence-electron chi connectivity index (χ1n) is 8.59. The maximum absolute atomic E-state index is 12.4. The number of hydrogen-bond donors (Lipinski definition) is 1. The molecule has 5 nitrogen and oxygen atoms in total. The number of pyridine rings is 1. The van der Waals surface area contributed by atoms with E-state index in [0.717, 1.165) is 49.2 Å². The number of hydrogen-bond acceptors (Lipinski definition) is 4. The smallest absolute Gasteiger partial charge is 0.228 e. The summed E-state index contributed by atoms with van der Waals surface area (Å²) in [5.41, 5.74) is 2.86. The molecule has 0 bridgehead atoms. The highest BCUT2D eigenvalue weighted by Gasteiger charge is 2.25. The number of rotatable bonds is 4. The lowest BCUT2D eigenvalue weighted by atomic mass is 9.95. The van der Waals surface area contributed by atoms with Gasteiger partial charge in [0.25, 0.3) is 0 Å². The summed E-state index contributed by atoms with van der Waals surface area (Å²) in [6, 6.07) is 13.7. The third kappa shape index (κ3) is 4.43. The fourth-order valence-electron chi connectivity index (χ4n) is 3.13. The standard InChI is InChI=1S/C20H22N4O/c1-15-6-7-19(22-13-15)23-20(25)16-8-10-24(11-9-16)14-18-5-3-2-4-17(18)12-21/h2-7,13,16H,8-11,14H2,1H3,(H,22,23,25). The zero-order valence-corrected chi connectivity index (χ0v) is 14.4. The van der Waals surface area contributed by atoms with Crippen molar-refractivity contribution in [3.8, 4) is 6.07 Å². The number of carbonyl (C=O) groups excluding carboxylic acids is 1. The van der Waals surface area contributed by atoms with Gasteiger partial charge in [0.15, 0.2) is 0 Å². The summed E-state index contributed by atoms with van der Waals surface area (Å²) in [4.78, 5) is 18.9. The highest BCUT2D eigenvalue weighted by Crippen LogP contribution is 2.21. The van der Waals surface area contributed by atoms with Gasteiger partial charge in [-0.2, -0.15) is 5.26 Å². The molecule has 2 heterocycles. The second-order valence-electron chi connectivity index (χ2n) is 6.53. The van der Waals surface area contributed by atoms with Gasteiger partial charge in [0, 0.05) is 18.7 Å². The lowest BCUT2D eigenvalue weighted by molar-refractivity contribution is -0.121. The molecule has 2 aromatic rings. The van der Waals surface area contributed by atoms with E-state index in [1.807, 2.05) is 43.3 Å². The van der Waals surface area contributed by atoms with Crippen LogP contribution < -0.4 is 5.32 Å². The first kappa shape index (κ1) is 17.1. The molecule has 0 aliphatic carbocycles. The minimum Gasteiger partial charge on any atom is -0.310 e. The van der Waals surface area contributed by atoms with E-state index >= 15 is 0 Å². The van der Waals surface area contributed by atoms with Crippen LogP contribution in [0.2, 0.25) is 0 Å². The number of nitriles is 1. The van der Waals surface area contributed by atoms with Crippen LogP contribution >= 0.6 is 0 Å². The summed E-state index contributed by atoms with van der Waals surface area (Å²) in [7, 11) is 0. The van der Waals surface area contributed by atoms with Crippen LogP contribution in [0.15, 0.2) is 42.6 Å². The van der Waals surface area contributed by atoms with Crippen molar-refractivity contribution in [1.82, 2.24) is 9.88 Å². The molecule has 1 aromatic heterocycles. The second kappa shape index (κ2) is 7.91. The lowest BCUT2D eigenvalue weighted by Crippen LogP contribution is -2.38. The van der Waals surface area contributed by atoms with Crippen LogP contribution in [0.4, 0.5) is 5.82 Å². The largest absolute Gasteiger partial charge is 0.310 e. The van der Waals surface area contributed by atoms with E-state index in [-0.39, 0.29) is 11.8 Å². The van der Waals surface area contributed by atoms with E-state index in [1.165, 1.54) is 0 Å². The molecule has 3 rings (SSSR count). The van der Waals surface area contributed by atoms with Gasteiger partial charge in [-0.25, -0.2) is 4.98 Å². The SMILES string of the molecule is Cc1ccc(NC(=O)C2CCN(Cc3ccccc3C#N)CC2)nc1. The number of anilines is 1. The molecule has 1 saturated heterocycles. The summed E-state index contributed by atoms with van der Waals surface area (Å²) in [6.45, 7) is 4.45. The van der Waals surface area contributed by atoms with Crippen LogP contribution in [0.3, 0.4) is 0 Å². The van der Waals surface area contributed by atoms with E-state index in [4.69, 9.17) is 0 Å². The van der Waals surface area contributed by atoms with Crippen molar-refractivity contribution in [1.29, 1.82) is 5.26 Å². The number of aromatic nitrogens is 1. The maximum atomic E-state index is 12.4. The number of piperidine rings is 1. The Hall–Kier alpha value is -2.71. The Kier molecular flexibility index (Phi) is 5.42. The Bertz CT molecular complexity index is 771. The quantitative estimate of drug-likeness (QED) is 0.933. The van der Waals surface area contributed by atoms with E-state index in [2.05, 4.69) is 21.3 Å². The maximum Gasteiger partial charge on any atom is 0.228 e. The molecule has 5 heteroatoms. The predicted octanol–water partition coefficient (Wildman–Crippen LogP) is 3.11. The molecule has 0 radical (unpaired) electrons. The Balaban J connectivity index is 1.52. The minimum atomic E-state index is 0.0190. The first-order valence-corrected chi connectivity index (χ1v) is 8.59. The predicted molar refractivity (Wildman–Crippen MR) is 96.8 cm³/mol. The number of nitrogens with zero attached hydrogens (tertiary/aromatic N) is 3. The van der Waals surface area contributed by atoms with Crippen LogP contribution in [-0.2, 0) is 11.3 Å². The summed E-state index contributed by atoms with van der Waals surface area (Å²) >= 11 is 0. The normalized spacial score (nSPS) is 15.5. The Morgan fingerprint density at radius 1 is 1.28 bits per heavy atom. The number of likely N-dealkylation sites (tertiary alicyclic amines) is 1. The van der Waals surface area contributed by atoms with E-state index in [9.17, 15) is 10.1 Å². The molecule has 1 N–H and O–H groups in total. The molecular formula is C20H22N4O. The Morgan fingerprint density at radius 2 is 2.04 bits per heavy atom. The van der Waals surface area contributed by atoms with Crippen LogP contribution in [0.25, 0.3) is 0 Å². The van der Waals surface area contributed by atoms with Gasteiger partial charge in [-0.1, -0.05) is 24.3 Å². The molecule has 0 saturated carbocycles. The minimum absolute atomic E-state index is 0.0190. The monoisotopic (exact) mass is 334 g/mol. The highest BCUT2D eigenvalue weighted by molar-refractivity contribution is 5.91. The molecule has 0 atom stereocenters. The van der Waals surface area contributed by atoms with Gasteiger partial charge in [-0.3, -0.25) is 9.69 Å². The van der Waals surface area contributed by atoms with Crippen molar-refractivity contribution in [2.45, 2.75) is 26.3 Å². The molecule has 1 aliphatic heterocycles. The topological polar surface area (TPSA) is 69.0 Å². The van der Waals surface area contributed by atoms with Crippen molar-refractivity contribution in [3.05, 3.63) is 59.3 Å². The molecule has 1 aromatic carbocycles. The molecular weight excluding hydrogens is 312 g/mol. The van der Waals surface area contributed by atoms with Gasteiger partial charge in [0.1, 0.15) is 5.82 Å². The fraction of sp³-hybridized carbons (Fsp3) is 0.350. The van der Waals surface area contributed by atoms with Gasteiger partial charge in [-0.05, 0) is 56.1 Å². The van der Waals surface area contributed by atoms with Crippen molar-refractivity contribution in [2.75, 3.05) is 18.4 Å². The van der Waals surface area contributed by atoms with Gasteiger partial charge >= 0.3 is 0 Å². The average Bonchev–Trinajstić information content (AvgIpc) is 2.64. The Labute approximate surface area is 148 Å². The summed E-state index contributed by atoms with van der Waals surface area (Å²) < 4.78 is 0. The molecule has 25 heavy (non-hydrogen) atoms. The Morgan fingerprint density at radius 3 is 2.72 bits per heavy atom. The van der Waals surface area contributed by atoms with Crippen LogP contribution in [-0.4, -0.2) is 28.9 Å². The number of amides is 1. The van der Waals surface area contributed by atoms with E-state index in [1.54, 1.807) is 6.20 Å². The van der Waals surface area contributed by atoms with Gasteiger partial charge in [0.05, 0.1) is 11.6 Å². The first-order chi connectivity index (χ1) is 12.2. The molecule has 1 amide bonds. The van der Waals surface area contributed by atoms with Gasteiger partial charge in [0.2, 0.25) is 5.91 Å². The van der Waals surface area contributed by atoms with E-state index in [0.29, 0.717) is 5.82 Å². The van der Waals surface area contributed by atoms with Crippen LogP contribution in [0.5, 0.6) is 0 Å². The zero-order chi connectivity index (χ0) is 17.6. The fourth-order valence-corrected chi connectivity index (χ4v) is 3.13. The zero-order valence-electron chi connectivity index (χ0n) is 14.4. The number of benzene rings is 1. The van der Waals surface area contributed by atoms with Crippen LogP contribution in [0.1, 0.15) is 29.5 Å². The molecule has 0 unspecified atom stereocenters. The molecule has 1 aliphatic rings. The number of carbonyl (C=O) groups is 1. The third-order valence-corrected chi connectivity index (χ3v) is 4.65. The van der Waals surface area contributed by atoms with Crippen molar-refractivity contribution >= 4 is 11.7 Å². The summed E-state index contributed by atoms with van der Waals surface area (Å²) in [5, 5.41) is 12.1. The van der Waals surface area contributed by atoms with Crippen molar-refractivity contribution in [3.63, 3.8) is 0 Å². The number of aryl methyl sites for hydroxylation is 1. The lowest BCUT2D eigenvalue weighted by Gasteiger charge is -2.31. The third-order valence-electron chi connectivity index (χ3n) is 4.65. The highest BCUT2D eigenvalue weighted by atomic mass is 16.1. The van der Waals surface area contributed by atoms with Crippen molar-refractivity contribution < 1.29 is 4.79 Å². The van der Waals surface area contributed by atoms with Gasteiger partial charge < -0.3 is 5.32 Å². The summed E-state index contributed by atoms with van der Waals surface area (Å²) in [6.07, 6.45) is 3.41. The van der Waals surface area contributed by atoms with E-state index < -0.39 is 0 Å². The van der Waals surface area contributed by atoms with Crippen LogP contribution in [0, 0.1) is 24.2 Å². The summed E-state index contributed by atoms with van der Waals surface area (Å²) in [5.74, 6) is 0.681. The second-order valence-corrected chi connectivity index (χ2v) is 6.53. The molecule has 1 fully saturated rings.